The van der Waals surface area contributed by atoms with Crippen LogP contribution in [-0.4, -0.2) is 38.3 Å². The summed E-state index contributed by atoms with van der Waals surface area (Å²) in [5.74, 6) is 2.52. The lowest BCUT2D eigenvalue weighted by atomic mass is 9.93. The second-order valence-corrected chi connectivity index (χ2v) is 7.36. The van der Waals surface area contributed by atoms with Gasteiger partial charge in [0, 0.05) is 6.54 Å². The van der Waals surface area contributed by atoms with Gasteiger partial charge in [0.1, 0.15) is 11.5 Å². The van der Waals surface area contributed by atoms with E-state index in [0.29, 0.717) is 5.02 Å². The minimum atomic E-state index is 0.676. The highest BCUT2D eigenvalue weighted by Crippen LogP contribution is 2.26. The number of benzene rings is 2. The number of piperidine rings is 1. The molecule has 2 aromatic rings. The lowest BCUT2D eigenvalue weighted by Crippen LogP contribution is -2.35. The second-order valence-electron chi connectivity index (χ2n) is 6.95. The van der Waals surface area contributed by atoms with Gasteiger partial charge in [0.15, 0.2) is 0 Å². The average molecular weight is 374 g/mol. The highest BCUT2D eigenvalue weighted by Gasteiger charge is 2.19. The van der Waals surface area contributed by atoms with Crippen LogP contribution in [0.1, 0.15) is 24.8 Å². The van der Waals surface area contributed by atoms with Gasteiger partial charge in [-0.25, -0.2) is 0 Å². The number of methoxy groups -OCH3 is 1. The van der Waals surface area contributed by atoms with E-state index in [2.05, 4.69) is 17.0 Å². The van der Waals surface area contributed by atoms with Crippen molar-refractivity contribution < 1.29 is 9.47 Å². The Labute approximate surface area is 161 Å². The van der Waals surface area contributed by atoms with E-state index < -0.39 is 0 Å². The van der Waals surface area contributed by atoms with Gasteiger partial charge < -0.3 is 14.4 Å². The first kappa shape index (κ1) is 19.1. The summed E-state index contributed by atoms with van der Waals surface area (Å²) in [4.78, 5) is 2.57. The van der Waals surface area contributed by atoms with Crippen molar-refractivity contribution in [3.63, 3.8) is 0 Å². The molecule has 0 aromatic heterocycles. The molecule has 0 saturated carbocycles. The first-order valence-electron chi connectivity index (χ1n) is 9.47. The van der Waals surface area contributed by atoms with Crippen molar-refractivity contribution in [1.29, 1.82) is 0 Å². The molecule has 3 nitrogen and oxygen atoms in total. The monoisotopic (exact) mass is 373 g/mol. The molecule has 0 aliphatic carbocycles. The molecule has 2 aromatic carbocycles. The molecular formula is C22H28ClNO2. The Morgan fingerprint density at radius 3 is 2.58 bits per heavy atom. The molecule has 0 atom stereocenters. The topological polar surface area (TPSA) is 21.7 Å². The highest BCUT2D eigenvalue weighted by molar-refractivity contribution is 6.32. The molecule has 1 aliphatic heterocycles. The van der Waals surface area contributed by atoms with E-state index in [4.69, 9.17) is 21.1 Å². The van der Waals surface area contributed by atoms with Crippen molar-refractivity contribution in [2.75, 3.05) is 33.4 Å². The van der Waals surface area contributed by atoms with Gasteiger partial charge in [0.25, 0.3) is 0 Å². The van der Waals surface area contributed by atoms with Gasteiger partial charge in [0.2, 0.25) is 0 Å². The van der Waals surface area contributed by atoms with Crippen LogP contribution in [-0.2, 0) is 6.42 Å². The molecule has 1 aliphatic rings. The van der Waals surface area contributed by atoms with Crippen molar-refractivity contribution in [3.05, 3.63) is 59.1 Å². The van der Waals surface area contributed by atoms with Crippen molar-refractivity contribution in [1.82, 2.24) is 4.90 Å². The number of nitrogens with zero attached hydrogens (tertiary/aromatic N) is 1. The lowest BCUT2D eigenvalue weighted by molar-refractivity contribution is 0.164. The van der Waals surface area contributed by atoms with Crippen molar-refractivity contribution in [2.45, 2.75) is 25.7 Å². The molecule has 3 rings (SSSR count). The maximum absolute atomic E-state index is 6.10. The fraction of sp³-hybridized carbons (Fsp3) is 0.455. The minimum absolute atomic E-state index is 0.676. The van der Waals surface area contributed by atoms with Crippen LogP contribution in [0.25, 0.3) is 0 Å². The third-order valence-electron chi connectivity index (χ3n) is 5.18. The van der Waals surface area contributed by atoms with E-state index >= 15 is 0 Å². The predicted molar refractivity (Wildman–Crippen MR) is 107 cm³/mol. The molecule has 0 spiro atoms. The van der Waals surface area contributed by atoms with Crippen LogP contribution in [0.4, 0.5) is 0 Å². The molecule has 1 saturated heterocycles. The number of likely N-dealkylation sites (tertiary alicyclic amines) is 1. The molecule has 1 fully saturated rings. The van der Waals surface area contributed by atoms with E-state index in [1.54, 1.807) is 7.11 Å². The number of rotatable bonds is 8. The van der Waals surface area contributed by atoms with Crippen molar-refractivity contribution >= 4 is 11.6 Å². The number of para-hydroxylation sites is 1. The zero-order valence-electron chi connectivity index (χ0n) is 15.5. The van der Waals surface area contributed by atoms with Crippen LogP contribution in [0.2, 0.25) is 5.02 Å². The Kier molecular flexibility index (Phi) is 7.22. The summed E-state index contributed by atoms with van der Waals surface area (Å²) in [6.45, 7) is 4.28. The van der Waals surface area contributed by atoms with Crippen molar-refractivity contribution in [2.24, 2.45) is 5.92 Å². The van der Waals surface area contributed by atoms with E-state index in [1.165, 1.54) is 31.5 Å². The quantitative estimate of drug-likeness (QED) is 0.644. The molecule has 4 heteroatoms. The largest absolute Gasteiger partial charge is 0.495 e. The van der Waals surface area contributed by atoms with E-state index in [-0.39, 0.29) is 0 Å². The summed E-state index contributed by atoms with van der Waals surface area (Å²) in [5, 5.41) is 0.676. The number of halogens is 1. The van der Waals surface area contributed by atoms with E-state index in [0.717, 1.165) is 43.4 Å². The zero-order chi connectivity index (χ0) is 18.2. The van der Waals surface area contributed by atoms with Crippen LogP contribution in [0.3, 0.4) is 0 Å². The Hall–Kier alpha value is -1.71. The number of hydrogen-bond acceptors (Lipinski definition) is 3. The van der Waals surface area contributed by atoms with Crippen LogP contribution >= 0.6 is 11.6 Å². The Morgan fingerprint density at radius 2 is 1.85 bits per heavy atom. The standard InChI is InChI=1S/C22H28ClNO2/c1-25-22-17-19(7-8-21(22)23)11-15-24-13-9-18(10-14-24)12-16-26-20-5-3-2-4-6-20/h2-8,17-18H,9-16H2,1H3. The summed E-state index contributed by atoms with van der Waals surface area (Å²) >= 11 is 6.10. The molecule has 140 valence electrons. The van der Waals surface area contributed by atoms with Gasteiger partial charge in [-0.05, 0) is 74.5 Å². The van der Waals surface area contributed by atoms with Crippen LogP contribution < -0.4 is 9.47 Å². The van der Waals surface area contributed by atoms with Gasteiger partial charge in [-0.3, -0.25) is 0 Å². The summed E-state index contributed by atoms with van der Waals surface area (Å²) in [5.41, 5.74) is 1.28. The lowest BCUT2D eigenvalue weighted by Gasteiger charge is -2.32. The normalized spacial score (nSPS) is 15.8. The zero-order valence-corrected chi connectivity index (χ0v) is 16.3. The molecule has 0 radical (unpaired) electrons. The van der Waals surface area contributed by atoms with Gasteiger partial charge >= 0.3 is 0 Å². The first-order valence-corrected chi connectivity index (χ1v) is 9.85. The molecule has 0 unspecified atom stereocenters. The van der Waals surface area contributed by atoms with Crippen LogP contribution in [0.5, 0.6) is 11.5 Å². The van der Waals surface area contributed by atoms with Gasteiger partial charge in [0.05, 0.1) is 18.7 Å². The average Bonchev–Trinajstić information content (AvgIpc) is 2.69. The summed E-state index contributed by atoms with van der Waals surface area (Å²) in [7, 11) is 1.66. The summed E-state index contributed by atoms with van der Waals surface area (Å²) in [6.07, 6.45) is 4.72. The predicted octanol–water partition coefficient (Wildman–Crippen LogP) is 5.07. The Bertz CT molecular complexity index is 669. The molecule has 0 N–H and O–H groups in total. The Balaban J connectivity index is 1.35. The SMILES string of the molecule is COc1cc(CCN2CCC(CCOc3ccccc3)CC2)ccc1Cl. The summed E-state index contributed by atoms with van der Waals surface area (Å²) < 4.78 is 11.1. The number of hydrogen-bond donors (Lipinski definition) is 0. The second kappa shape index (κ2) is 9.84. The maximum Gasteiger partial charge on any atom is 0.137 e. The third-order valence-corrected chi connectivity index (χ3v) is 5.49. The molecule has 0 bridgehead atoms. The van der Waals surface area contributed by atoms with E-state index in [9.17, 15) is 0 Å². The molecule has 0 amide bonds. The van der Waals surface area contributed by atoms with Gasteiger partial charge in [-0.15, -0.1) is 0 Å². The number of ether oxygens (including phenoxy) is 2. The van der Waals surface area contributed by atoms with Gasteiger partial charge in [-0.1, -0.05) is 35.9 Å². The third kappa shape index (κ3) is 5.65. The van der Waals surface area contributed by atoms with Crippen molar-refractivity contribution in [3.8, 4) is 11.5 Å². The van der Waals surface area contributed by atoms with Gasteiger partial charge in [-0.2, -0.15) is 0 Å². The Morgan fingerprint density at radius 1 is 1.08 bits per heavy atom. The molecule has 26 heavy (non-hydrogen) atoms. The first-order chi connectivity index (χ1) is 12.7. The smallest absolute Gasteiger partial charge is 0.137 e. The molecular weight excluding hydrogens is 346 g/mol. The van der Waals surface area contributed by atoms with Crippen LogP contribution in [0.15, 0.2) is 48.5 Å². The van der Waals surface area contributed by atoms with E-state index in [1.807, 2.05) is 36.4 Å². The molecule has 1 heterocycles. The summed E-state index contributed by atoms with van der Waals surface area (Å²) in [6, 6.07) is 16.2. The van der Waals surface area contributed by atoms with Crippen LogP contribution in [0, 0.1) is 5.92 Å². The minimum Gasteiger partial charge on any atom is -0.495 e. The fourth-order valence-electron chi connectivity index (χ4n) is 3.51. The fourth-order valence-corrected chi connectivity index (χ4v) is 3.70. The maximum atomic E-state index is 6.10. The highest BCUT2D eigenvalue weighted by atomic mass is 35.5.